The van der Waals surface area contributed by atoms with Crippen molar-refractivity contribution in [1.29, 1.82) is 0 Å². The van der Waals surface area contributed by atoms with Crippen LogP contribution in [0.5, 0.6) is 0 Å². The van der Waals surface area contributed by atoms with Crippen LogP contribution in [0.25, 0.3) is 0 Å². The normalized spacial score (nSPS) is 10.4. The van der Waals surface area contributed by atoms with Crippen LogP contribution in [-0.4, -0.2) is 5.24 Å². The van der Waals surface area contributed by atoms with Crippen molar-refractivity contribution in [1.82, 2.24) is 0 Å². The first-order chi connectivity index (χ1) is 4.63. The lowest BCUT2D eigenvalue weighted by Gasteiger charge is -2.01. The summed E-state index contributed by atoms with van der Waals surface area (Å²) in [4.78, 5) is 10.3. The Morgan fingerprint density at radius 3 is 2.40 bits per heavy atom. The van der Waals surface area contributed by atoms with E-state index in [0.29, 0.717) is 6.42 Å². The molecule has 2 heteroatoms. The van der Waals surface area contributed by atoms with E-state index in [2.05, 4.69) is 13.8 Å². The van der Waals surface area contributed by atoms with Crippen LogP contribution in [0.2, 0.25) is 0 Å². The summed E-state index contributed by atoms with van der Waals surface area (Å²) < 4.78 is 0. The van der Waals surface area contributed by atoms with Crippen molar-refractivity contribution in [3.63, 3.8) is 0 Å². The second-order valence-electron chi connectivity index (χ2n) is 2.99. The number of unbranched alkanes of at least 4 members (excludes halogenated alkanes) is 1. The van der Waals surface area contributed by atoms with Crippen molar-refractivity contribution >= 4 is 16.8 Å². The summed E-state index contributed by atoms with van der Waals surface area (Å²) in [6.45, 7) is 4.37. The van der Waals surface area contributed by atoms with Crippen molar-refractivity contribution in [2.24, 2.45) is 5.92 Å². The largest absolute Gasteiger partial charge is 0.281 e. The zero-order valence-electron chi connectivity index (χ0n) is 6.69. The Morgan fingerprint density at radius 1 is 1.40 bits per heavy atom. The molecule has 0 aliphatic carbocycles. The Morgan fingerprint density at radius 2 is 2.00 bits per heavy atom. The van der Waals surface area contributed by atoms with Gasteiger partial charge in [-0.25, -0.2) is 0 Å². The molecule has 0 aromatic heterocycles. The summed E-state index contributed by atoms with van der Waals surface area (Å²) in [5.41, 5.74) is 0. The summed E-state index contributed by atoms with van der Waals surface area (Å²) in [7, 11) is 0. The third-order valence-corrected chi connectivity index (χ3v) is 1.59. The molecule has 0 saturated heterocycles. The third-order valence-electron chi connectivity index (χ3n) is 1.40. The summed E-state index contributed by atoms with van der Waals surface area (Å²) in [6.07, 6.45) is 3.80. The van der Waals surface area contributed by atoms with E-state index in [-0.39, 0.29) is 5.24 Å². The van der Waals surface area contributed by atoms with Gasteiger partial charge in [-0.2, -0.15) is 0 Å². The van der Waals surface area contributed by atoms with E-state index in [1.165, 1.54) is 6.42 Å². The Hall–Kier alpha value is -0.0400. The van der Waals surface area contributed by atoms with Gasteiger partial charge in [0.1, 0.15) is 0 Å². The van der Waals surface area contributed by atoms with Crippen LogP contribution in [0.3, 0.4) is 0 Å². The van der Waals surface area contributed by atoms with E-state index in [9.17, 15) is 4.79 Å². The number of halogens is 1. The second kappa shape index (κ2) is 5.72. The van der Waals surface area contributed by atoms with E-state index >= 15 is 0 Å². The Bertz CT molecular complexity index is 99.4. The van der Waals surface area contributed by atoms with Gasteiger partial charge in [0.25, 0.3) is 0 Å². The minimum atomic E-state index is -0.205. The Balaban J connectivity index is 2.98. The van der Waals surface area contributed by atoms with Crippen molar-refractivity contribution < 1.29 is 4.79 Å². The summed E-state index contributed by atoms with van der Waals surface area (Å²) in [5.74, 6) is 0.741. The van der Waals surface area contributed by atoms with Gasteiger partial charge >= 0.3 is 0 Å². The lowest BCUT2D eigenvalue weighted by atomic mass is 10.1. The lowest BCUT2D eigenvalue weighted by molar-refractivity contribution is -0.111. The standard InChI is InChI=1S/C8H15ClO/c1-7(2)5-3-4-6-8(9)10/h7H,3-6H2,1-2H3. The van der Waals surface area contributed by atoms with Crippen LogP contribution >= 0.6 is 11.6 Å². The molecular formula is C8H15ClO. The molecule has 0 heterocycles. The fourth-order valence-electron chi connectivity index (χ4n) is 0.817. The molecule has 0 spiro atoms. The van der Waals surface area contributed by atoms with Crippen molar-refractivity contribution in [2.45, 2.75) is 39.5 Å². The molecule has 0 amide bonds. The van der Waals surface area contributed by atoms with Gasteiger partial charge in [-0.05, 0) is 23.9 Å². The SMILES string of the molecule is CC(C)CCCCC(=O)Cl. The average molecular weight is 163 g/mol. The maximum Gasteiger partial charge on any atom is 0.221 e. The Labute approximate surface area is 67.8 Å². The van der Waals surface area contributed by atoms with Crippen LogP contribution in [0.4, 0.5) is 0 Å². The summed E-state index contributed by atoms with van der Waals surface area (Å²) >= 11 is 5.15. The topological polar surface area (TPSA) is 17.1 Å². The molecule has 60 valence electrons. The molecule has 0 rings (SSSR count). The fraction of sp³-hybridized carbons (Fsp3) is 0.875. The maximum atomic E-state index is 10.3. The minimum absolute atomic E-state index is 0.205. The highest BCUT2D eigenvalue weighted by atomic mass is 35.5. The van der Waals surface area contributed by atoms with Crippen LogP contribution in [0.15, 0.2) is 0 Å². The maximum absolute atomic E-state index is 10.3. The van der Waals surface area contributed by atoms with E-state index in [0.717, 1.165) is 18.8 Å². The predicted octanol–water partition coefficient (Wildman–Crippen LogP) is 2.97. The van der Waals surface area contributed by atoms with Crippen LogP contribution in [-0.2, 0) is 4.79 Å². The molecule has 0 bridgehead atoms. The molecule has 1 nitrogen and oxygen atoms in total. The smallest absolute Gasteiger partial charge is 0.221 e. The van der Waals surface area contributed by atoms with E-state index in [1.54, 1.807) is 0 Å². The van der Waals surface area contributed by atoms with Crippen molar-refractivity contribution in [2.75, 3.05) is 0 Å². The zero-order valence-corrected chi connectivity index (χ0v) is 7.45. The second-order valence-corrected chi connectivity index (χ2v) is 3.42. The van der Waals surface area contributed by atoms with E-state index < -0.39 is 0 Å². The Kier molecular flexibility index (Phi) is 5.70. The first-order valence-electron chi connectivity index (χ1n) is 3.81. The molecule has 0 aromatic carbocycles. The van der Waals surface area contributed by atoms with Gasteiger partial charge in [-0.3, -0.25) is 4.79 Å². The quantitative estimate of drug-likeness (QED) is 0.449. The van der Waals surface area contributed by atoms with Gasteiger partial charge in [0.15, 0.2) is 0 Å². The number of hydrogen-bond donors (Lipinski definition) is 0. The number of rotatable bonds is 5. The van der Waals surface area contributed by atoms with E-state index in [4.69, 9.17) is 11.6 Å². The summed E-state index contributed by atoms with van der Waals surface area (Å²) in [6, 6.07) is 0. The molecule has 0 aromatic rings. The van der Waals surface area contributed by atoms with Crippen molar-refractivity contribution in [3.05, 3.63) is 0 Å². The highest BCUT2D eigenvalue weighted by molar-refractivity contribution is 6.63. The molecular weight excluding hydrogens is 148 g/mol. The molecule has 0 aliphatic heterocycles. The zero-order chi connectivity index (χ0) is 7.98. The van der Waals surface area contributed by atoms with Gasteiger partial charge in [0.2, 0.25) is 5.24 Å². The van der Waals surface area contributed by atoms with Crippen LogP contribution in [0.1, 0.15) is 39.5 Å². The summed E-state index contributed by atoms with van der Waals surface area (Å²) in [5, 5.41) is -0.205. The highest BCUT2D eigenvalue weighted by Crippen LogP contribution is 2.08. The molecule has 0 unspecified atom stereocenters. The molecule has 0 atom stereocenters. The fourth-order valence-corrected chi connectivity index (χ4v) is 0.950. The molecule has 0 radical (unpaired) electrons. The molecule has 10 heavy (non-hydrogen) atoms. The van der Waals surface area contributed by atoms with Gasteiger partial charge in [-0.1, -0.05) is 26.7 Å². The lowest BCUT2D eigenvalue weighted by Crippen LogP contribution is -1.89. The number of hydrogen-bond acceptors (Lipinski definition) is 1. The van der Waals surface area contributed by atoms with Gasteiger partial charge in [-0.15, -0.1) is 0 Å². The van der Waals surface area contributed by atoms with Crippen molar-refractivity contribution in [3.8, 4) is 0 Å². The van der Waals surface area contributed by atoms with Crippen LogP contribution in [0, 0.1) is 5.92 Å². The molecule has 0 aliphatic rings. The predicted molar refractivity (Wildman–Crippen MR) is 44.2 cm³/mol. The number of carbonyl (C=O) groups is 1. The molecule has 0 N–H and O–H groups in total. The molecule has 0 saturated carbocycles. The highest BCUT2D eigenvalue weighted by Gasteiger charge is 1.97. The van der Waals surface area contributed by atoms with Crippen LogP contribution < -0.4 is 0 Å². The molecule has 0 fully saturated rings. The van der Waals surface area contributed by atoms with E-state index in [1.807, 2.05) is 0 Å². The minimum Gasteiger partial charge on any atom is -0.281 e. The number of carbonyl (C=O) groups excluding carboxylic acids is 1. The monoisotopic (exact) mass is 162 g/mol. The third kappa shape index (κ3) is 7.96. The first kappa shape index (κ1) is 9.96. The van der Waals surface area contributed by atoms with Gasteiger partial charge in [0, 0.05) is 6.42 Å². The first-order valence-corrected chi connectivity index (χ1v) is 4.19. The average Bonchev–Trinajstić information content (AvgIpc) is 1.79. The van der Waals surface area contributed by atoms with Gasteiger partial charge < -0.3 is 0 Å². The van der Waals surface area contributed by atoms with Gasteiger partial charge in [0.05, 0.1) is 0 Å².